The second-order valence-electron chi connectivity index (χ2n) is 5.16. The van der Waals surface area contributed by atoms with Gasteiger partial charge in [-0.3, -0.25) is 9.78 Å². The molecule has 4 heteroatoms. The van der Waals surface area contributed by atoms with E-state index in [4.69, 9.17) is 5.73 Å². The molecule has 0 unspecified atom stereocenters. The number of hydrogen-bond acceptors (Lipinski definition) is 3. The molecule has 2 rings (SSSR count). The van der Waals surface area contributed by atoms with Gasteiger partial charge in [0.2, 0.25) is 5.91 Å². The maximum absolute atomic E-state index is 11.9. The Morgan fingerprint density at radius 1 is 1.50 bits per heavy atom. The first-order valence-corrected chi connectivity index (χ1v) is 6.65. The van der Waals surface area contributed by atoms with Gasteiger partial charge in [0.25, 0.3) is 0 Å². The number of nitrogens with zero attached hydrogens (tertiary/aromatic N) is 1. The van der Waals surface area contributed by atoms with Crippen LogP contribution in [0.3, 0.4) is 0 Å². The van der Waals surface area contributed by atoms with Gasteiger partial charge in [0.15, 0.2) is 0 Å². The van der Waals surface area contributed by atoms with Gasteiger partial charge >= 0.3 is 0 Å². The lowest BCUT2D eigenvalue weighted by Gasteiger charge is -2.20. The number of carbonyl (C=O) groups excluding carboxylic acids is 1. The standard InChI is InChI=1S/C14H21N3O/c1-10(11-4-2-3-5-11)17-14(18)8-13-7-6-12(15)9-16-13/h6-7,9-11H,2-5,8,15H2,1H3,(H,17,18)/t10-/m0/s1. The van der Waals surface area contributed by atoms with E-state index in [1.54, 1.807) is 18.3 Å². The van der Waals surface area contributed by atoms with Crippen LogP contribution in [0.5, 0.6) is 0 Å². The molecule has 1 atom stereocenters. The normalized spacial score (nSPS) is 17.6. The second kappa shape index (κ2) is 5.85. The minimum atomic E-state index is 0.0478. The molecule has 0 radical (unpaired) electrons. The summed E-state index contributed by atoms with van der Waals surface area (Å²) in [5, 5.41) is 3.07. The van der Waals surface area contributed by atoms with Gasteiger partial charge in [0, 0.05) is 11.7 Å². The van der Waals surface area contributed by atoms with Crippen LogP contribution in [-0.4, -0.2) is 16.9 Å². The van der Waals surface area contributed by atoms with E-state index >= 15 is 0 Å². The monoisotopic (exact) mass is 247 g/mol. The van der Waals surface area contributed by atoms with E-state index < -0.39 is 0 Å². The van der Waals surface area contributed by atoms with E-state index in [0.717, 1.165) is 5.69 Å². The highest BCUT2D eigenvalue weighted by Crippen LogP contribution is 2.27. The Hall–Kier alpha value is -1.58. The van der Waals surface area contributed by atoms with Crippen molar-refractivity contribution < 1.29 is 4.79 Å². The van der Waals surface area contributed by atoms with Crippen LogP contribution >= 0.6 is 0 Å². The number of rotatable bonds is 4. The third-order valence-corrected chi connectivity index (χ3v) is 3.68. The number of amides is 1. The van der Waals surface area contributed by atoms with Crippen molar-refractivity contribution in [2.45, 2.75) is 45.1 Å². The van der Waals surface area contributed by atoms with Crippen LogP contribution in [0.4, 0.5) is 5.69 Å². The number of hydrogen-bond donors (Lipinski definition) is 2. The zero-order valence-electron chi connectivity index (χ0n) is 10.9. The summed E-state index contributed by atoms with van der Waals surface area (Å²) >= 11 is 0. The summed E-state index contributed by atoms with van der Waals surface area (Å²) in [5.41, 5.74) is 6.95. The van der Waals surface area contributed by atoms with Gasteiger partial charge in [-0.2, -0.15) is 0 Å². The van der Waals surface area contributed by atoms with Gasteiger partial charge in [-0.05, 0) is 37.8 Å². The zero-order chi connectivity index (χ0) is 13.0. The minimum absolute atomic E-state index is 0.0478. The van der Waals surface area contributed by atoms with Gasteiger partial charge in [-0.25, -0.2) is 0 Å². The van der Waals surface area contributed by atoms with Crippen molar-refractivity contribution in [1.82, 2.24) is 10.3 Å². The number of pyridine rings is 1. The van der Waals surface area contributed by atoms with Crippen LogP contribution in [0.2, 0.25) is 0 Å². The summed E-state index contributed by atoms with van der Waals surface area (Å²) in [4.78, 5) is 16.0. The Morgan fingerprint density at radius 3 is 2.83 bits per heavy atom. The Kier molecular flexibility index (Phi) is 4.18. The molecule has 1 aromatic rings. The fraction of sp³-hybridized carbons (Fsp3) is 0.571. The van der Waals surface area contributed by atoms with E-state index in [1.807, 2.05) is 0 Å². The number of nitrogens with one attached hydrogen (secondary N) is 1. The molecule has 4 nitrogen and oxygen atoms in total. The molecule has 0 bridgehead atoms. The fourth-order valence-electron chi connectivity index (χ4n) is 2.59. The molecule has 1 heterocycles. The van der Waals surface area contributed by atoms with Gasteiger partial charge in [0.1, 0.15) is 0 Å². The van der Waals surface area contributed by atoms with Crippen molar-refractivity contribution >= 4 is 11.6 Å². The van der Waals surface area contributed by atoms with E-state index in [9.17, 15) is 4.79 Å². The number of nitrogen functional groups attached to an aromatic ring is 1. The molecule has 0 aliphatic heterocycles. The molecule has 98 valence electrons. The zero-order valence-corrected chi connectivity index (χ0v) is 10.9. The first-order valence-electron chi connectivity index (χ1n) is 6.65. The van der Waals surface area contributed by atoms with Gasteiger partial charge in [0.05, 0.1) is 18.3 Å². The van der Waals surface area contributed by atoms with Crippen LogP contribution in [0.1, 0.15) is 38.3 Å². The molecule has 0 saturated heterocycles. The molecule has 1 saturated carbocycles. The molecular weight excluding hydrogens is 226 g/mol. The maximum atomic E-state index is 11.9. The number of aromatic nitrogens is 1. The lowest BCUT2D eigenvalue weighted by molar-refractivity contribution is -0.121. The van der Waals surface area contributed by atoms with Crippen LogP contribution in [-0.2, 0) is 11.2 Å². The van der Waals surface area contributed by atoms with Crippen molar-refractivity contribution in [3.8, 4) is 0 Å². The van der Waals surface area contributed by atoms with E-state index in [0.29, 0.717) is 18.0 Å². The SMILES string of the molecule is C[C@H](NC(=O)Cc1ccc(N)cn1)C1CCCC1. The third-order valence-electron chi connectivity index (χ3n) is 3.68. The van der Waals surface area contributed by atoms with Crippen molar-refractivity contribution in [1.29, 1.82) is 0 Å². The van der Waals surface area contributed by atoms with Crippen LogP contribution in [0.15, 0.2) is 18.3 Å². The van der Waals surface area contributed by atoms with E-state index in [2.05, 4.69) is 17.2 Å². The largest absolute Gasteiger partial charge is 0.397 e. The summed E-state index contributed by atoms with van der Waals surface area (Å²) in [5.74, 6) is 0.694. The van der Waals surface area contributed by atoms with E-state index in [1.165, 1.54) is 25.7 Å². The first-order chi connectivity index (χ1) is 8.65. The lowest BCUT2D eigenvalue weighted by Crippen LogP contribution is -2.38. The molecule has 1 aromatic heterocycles. The van der Waals surface area contributed by atoms with Gasteiger partial charge in [-0.1, -0.05) is 12.8 Å². The Morgan fingerprint density at radius 2 is 2.22 bits per heavy atom. The smallest absolute Gasteiger partial charge is 0.226 e. The average Bonchev–Trinajstić information content (AvgIpc) is 2.85. The molecule has 1 aliphatic carbocycles. The van der Waals surface area contributed by atoms with Crippen molar-refractivity contribution in [3.05, 3.63) is 24.0 Å². The molecule has 1 fully saturated rings. The molecule has 18 heavy (non-hydrogen) atoms. The van der Waals surface area contributed by atoms with Crippen LogP contribution < -0.4 is 11.1 Å². The maximum Gasteiger partial charge on any atom is 0.226 e. The van der Waals surface area contributed by atoms with Gasteiger partial charge < -0.3 is 11.1 Å². The number of carbonyl (C=O) groups is 1. The average molecular weight is 247 g/mol. The summed E-state index contributed by atoms with van der Waals surface area (Å²) in [6.07, 6.45) is 6.98. The highest BCUT2D eigenvalue weighted by molar-refractivity contribution is 5.78. The van der Waals surface area contributed by atoms with Crippen LogP contribution in [0, 0.1) is 5.92 Å². The van der Waals surface area contributed by atoms with Crippen molar-refractivity contribution in [3.63, 3.8) is 0 Å². The van der Waals surface area contributed by atoms with Crippen molar-refractivity contribution in [2.24, 2.45) is 5.92 Å². The molecule has 0 aromatic carbocycles. The number of anilines is 1. The fourth-order valence-corrected chi connectivity index (χ4v) is 2.59. The Bertz CT molecular complexity index is 396. The summed E-state index contributed by atoms with van der Waals surface area (Å²) in [6.45, 7) is 2.10. The molecule has 1 aliphatic rings. The Balaban J connectivity index is 1.82. The third kappa shape index (κ3) is 3.45. The topological polar surface area (TPSA) is 68.0 Å². The predicted molar refractivity (Wildman–Crippen MR) is 71.9 cm³/mol. The number of nitrogens with two attached hydrogens (primary N) is 1. The van der Waals surface area contributed by atoms with Crippen LogP contribution in [0.25, 0.3) is 0 Å². The first kappa shape index (κ1) is 12.9. The summed E-state index contributed by atoms with van der Waals surface area (Å²) in [7, 11) is 0. The summed E-state index contributed by atoms with van der Waals surface area (Å²) in [6, 6.07) is 3.85. The molecule has 0 spiro atoms. The Labute approximate surface area is 108 Å². The molecule has 1 amide bonds. The second-order valence-corrected chi connectivity index (χ2v) is 5.16. The quantitative estimate of drug-likeness (QED) is 0.854. The minimum Gasteiger partial charge on any atom is -0.397 e. The highest BCUT2D eigenvalue weighted by Gasteiger charge is 2.22. The van der Waals surface area contributed by atoms with Gasteiger partial charge in [-0.15, -0.1) is 0 Å². The molecular formula is C14H21N3O. The molecule has 3 N–H and O–H groups in total. The predicted octanol–water partition coefficient (Wildman–Crippen LogP) is 1.90. The van der Waals surface area contributed by atoms with E-state index in [-0.39, 0.29) is 11.9 Å². The van der Waals surface area contributed by atoms with Crippen molar-refractivity contribution in [2.75, 3.05) is 5.73 Å². The summed E-state index contributed by atoms with van der Waals surface area (Å²) < 4.78 is 0. The lowest BCUT2D eigenvalue weighted by atomic mass is 10.00. The highest BCUT2D eigenvalue weighted by atomic mass is 16.1.